The highest BCUT2D eigenvalue weighted by atomic mass is 32.2. The van der Waals surface area contributed by atoms with Crippen LogP contribution in [-0.4, -0.2) is 33.7 Å². The Bertz CT molecular complexity index is 896. The Hall–Kier alpha value is -2.59. The Morgan fingerprint density at radius 3 is 2.18 bits per heavy atom. The minimum atomic E-state index is -4.65. The molecule has 10 heteroatoms. The summed E-state index contributed by atoms with van der Waals surface area (Å²) in [6.45, 7) is 0.747. The molecule has 0 unspecified atom stereocenters. The second kappa shape index (κ2) is 9.07. The molecule has 1 amide bonds. The molecule has 0 aliphatic rings. The van der Waals surface area contributed by atoms with Gasteiger partial charge in [0.15, 0.2) is 0 Å². The zero-order valence-electron chi connectivity index (χ0n) is 14.9. The van der Waals surface area contributed by atoms with Gasteiger partial charge in [0.25, 0.3) is 0 Å². The second-order valence-corrected chi connectivity index (χ2v) is 7.53. The van der Waals surface area contributed by atoms with Crippen LogP contribution < -0.4 is 14.8 Å². The smallest absolute Gasteiger partial charge is 0.402 e. The lowest BCUT2D eigenvalue weighted by Crippen LogP contribution is -2.33. The molecule has 0 radical (unpaired) electrons. The highest BCUT2D eigenvalue weighted by Gasteiger charge is 2.30. The van der Waals surface area contributed by atoms with Crippen molar-refractivity contribution in [2.45, 2.75) is 24.4 Å². The molecule has 0 heterocycles. The van der Waals surface area contributed by atoms with E-state index in [2.05, 4.69) is 5.32 Å². The number of nitrogens with one attached hydrogen (secondary N) is 2. The molecule has 0 spiro atoms. The maximum absolute atomic E-state index is 12.2. The third kappa shape index (κ3) is 6.86. The molecule has 0 aliphatic carbocycles. The molecular weight excluding hydrogens is 397 g/mol. The van der Waals surface area contributed by atoms with Gasteiger partial charge in [-0.25, -0.2) is 13.1 Å². The van der Waals surface area contributed by atoms with Crippen molar-refractivity contribution in [3.8, 4) is 5.75 Å². The van der Waals surface area contributed by atoms with Crippen molar-refractivity contribution in [2.24, 2.45) is 0 Å². The van der Waals surface area contributed by atoms with Crippen molar-refractivity contribution in [3.63, 3.8) is 0 Å². The molecule has 0 saturated carbocycles. The van der Waals surface area contributed by atoms with E-state index in [4.69, 9.17) is 4.74 Å². The standard InChI is InChI=1S/C18H19F3N2O4S/c1-2-27-15-7-3-13(4-8-15)11-17(24)23-14-5-9-16(10-6-14)28(25,26)22-12-18(19,20)21/h3-10,22H,2,11-12H2,1H3,(H,23,24). The summed E-state index contributed by atoms with van der Waals surface area (Å²) in [7, 11) is -4.29. The van der Waals surface area contributed by atoms with Crippen LogP contribution in [0.5, 0.6) is 5.75 Å². The summed E-state index contributed by atoms with van der Waals surface area (Å²) in [5.74, 6) is 0.373. The lowest BCUT2D eigenvalue weighted by molar-refractivity contribution is -0.121. The van der Waals surface area contributed by atoms with Crippen LogP contribution in [0.4, 0.5) is 18.9 Å². The molecule has 2 aromatic carbocycles. The molecule has 6 nitrogen and oxygen atoms in total. The van der Waals surface area contributed by atoms with E-state index in [9.17, 15) is 26.4 Å². The normalized spacial score (nSPS) is 11.9. The highest BCUT2D eigenvalue weighted by molar-refractivity contribution is 7.89. The van der Waals surface area contributed by atoms with Crippen molar-refractivity contribution < 1.29 is 31.1 Å². The van der Waals surface area contributed by atoms with Gasteiger partial charge in [0, 0.05) is 5.69 Å². The summed E-state index contributed by atoms with van der Waals surface area (Å²) < 4.78 is 66.9. The third-order valence-electron chi connectivity index (χ3n) is 3.51. The van der Waals surface area contributed by atoms with E-state index in [1.54, 1.807) is 24.3 Å². The number of hydrogen-bond acceptors (Lipinski definition) is 4. The Balaban J connectivity index is 1.95. The number of alkyl halides is 3. The number of rotatable bonds is 8. The number of ether oxygens (including phenoxy) is 1. The number of hydrogen-bond donors (Lipinski definition) is 2. The van der Waals surface area contributed by atoms with Gasteiger partial charge in [0.1, 0.15) is 12.3 Å². The van der Waals surface area contributed by atoms with Crippen molar-refractivity contribution in [3.05, 3.63) is 54.1 Å². The molecule has 152 valence electrons. The van der Waals surface area contributed by atoms with Crippen LogP contribution >= 0.6 is 0 Å². The van der Waals surface area contributed by atoms with Crippen LogP contribution in [0.3, 0.4) is 0 Å². The maximum atomic E-state index is 12.2. The van der Waals surface area contributed by atoms with Crippen LogP contribution in [0.25, 0.3) is 0 Å². The number of amides is 1. The van der Waals surface area contributed by atoms with E-state index < -0.39 is 22.7 Å². The summed E-state index contributed by atoms with van der Waals surface area (Å²) >= 11 is 0. The van der Waals surface area contributed by atoms with E-state index in [-0.39, 0.29) is 17.2 Å². The van der Waals surface area contributed by atoms with E-state index in [1.807, 2.05) is 6.92 Å². The largest absolute Gasteiger partial charge is 0.494 e. The van der Waals surface area contributed by atoms with Crippen LogP contribution in [0, 0.1) is 0 Å². The first-order valence-corrected chi connectivity index (χ1v) is 9.75. The Kier molecular flexibility index (Phi) is 7.03. The lowest BCUT2D eigenvalue weighted by Gasteiger charge is -2.10. The van der Waals surface area contributed by atoms with E-state index in [0.29, 0.717) is 18.0 Å². The number of sulfonamides is 1. The first kappa shape index (κ1) is 21.7. The average molecular weight is 416 g/mol. The van der Waals surface area contributed by atoms with Crippen LogP contribution in [0.2, 0.25) is 0 Å². The number of anilines is 1. The van der Waals surface area contributed by atoms with Crippen LogP contribution in [0.15, 0.2) is 53.4 Å². The van der Waals surface area contributed by atoms with Gasteiger partial charge in [0.2, 0.25) is 15.9 Å². The quantitative estimate of drug-likeness (QED) is 0.693. The zero-order valence-corrected chi connectivity index (χ0v) is 15.7. The molecule has 0 aliphatic heterocycles. The molecule has 2 N–H and O–H groups in total. The monoisotopic (exact) mass is 416 g/mol. The van der Waals surface area contributed by atoms with Gasteiger partial charge in [-0.05, 0) is 48.9 Å². The minimum absolute atomic E-state index is 0.0968. The van der Waals surface area contributed by atoms with E-state index in [0.717, 1.165) is 17.7 Å². The summed E-state index contributed by atoms with van der Waals surface area (Å²) in [6, 6.07) is 11.9. The van der Waals surface area contributed by atoms with Crippen LogP contribution in [0.1, 0.15) is 12.5 Å². The number of carbonyl (C=O) groups excluding carboxylic acids is 1. The fraction of sp³-hybridized carbons (Fsp3) is 0.278. The van der Waals surface area contributed by atoms with Gasteiger partial charge in [-0.3, -0.25) is 4.79 Å². The molecule has 0 atom stereocenters. The fourth-order valence-electron chi connectivity index (χ4n) is 2.24. The predicted molar refractivity (Wildman–Crippen MR) is 97.6 cm³/mol. The van der Waals surface area contributed by atoms with Crippen molar-refractivity contribution in [1.82, 2.24) is 4.72 Å². The molecular formula is C18H19F3N2O4S. The van der Waals surface area contributed by atoms with Gasteiger partial charge in [-0.2, -0.15) is 13.2 Å². The Labute approximate surface area is 160 Å². The predicted octanol–water partition coefficient (Wildman–Crippen LogP) is 3.11. The molecule has 0 aromatic heterocycles. The SMILES string of the molecule is CCOc1ccc(CC(=O)Nc2ccc(S(=O)(=O)NCC(F)(F)F)cc2)cc1. The number of benzene rings is 2. The molecule has 0 fully saturated rings. The van der Waals surface area contributed by atoms with Gasteiger partial charge in [-0.1, -0.05) is 12.1 Å². The summed E-state index contributed by atoms with van der Waals surface area (Å²) in [5, 5.41) is 2.60. The first-order valence-electron chi connectivity index (χ1n) is 8.27. The number of carbonyl (C=O) groups is 1. The van der Waals surface area contributed by atoms with Gasteiger partial charge >= 0.3 is 6.18 Å². The summed E-state index contributed by atoms with van der Waals surface area (Å²) in [5.41, 5.74) is 1.09. The molecule has 0 bridgehead atoms. The van der Waals surface area contributed by atoms with Crippen LogP contribution in [-0.2, 0) is 21.2 Å². The molecule has 2 aromatic rings. The zero-order chi connectivity index (χ0) is 20.8. The minimum Gasteiger partial charge on any atom is -0.494 e. The lowest BCUT2D eigenvalue weighted by atomic mass is 10.1. The van der Waals surface area contributed by atoms with Gasteiger partial charge < -0.3 is 10.1 Å². The molecule has 2 rings (SSSR count). The topological polar surface area (TPSA) is 84.5 Å². The fourth-order valence-corrected chi connectivity index (χ4v) is 3.25. The van der Waals surface area contributed by atoms with E-state index >= 15 is 0 Å². The molecule has 0 saturated heterocycles. The average Bonchev–Trinajstić information content (AvgIpc) is 2.62. The molecule has 28 heavy (non-hydrogen) atoms. The second-order valence-electron chi connectivity index (χ2n) is 5.77. The Morgan fingerprint density at radius 1 is 1.04 bits per heavy atom. The third-order valence-corrected chi connectivity index (χ3v) is 4.93. The highest BCUT2D eigenvalue weighted by Crippen LogP contribution is 2.18. The van der Waals surface area contributed by atoms with Crippen molar-refractivity contribution in [1.29, 1.82) is 0 Å². The summed E-state index contributed by atoms with van der Waals surface area (Å²) in [6.07, 6.45) is -4.55. The first-order chi connectivity index (χ1) is 13.1. The summed E-state index contributed by atoms with van der Waals surface area (Å²) in [4.78, 5) is 11.8. The van der Waals surface area contributed by atoms with Crippen molar-refractivity contribution >= 4 is 21.6 Å². The number of halogens is 3. The van der Waals surface area contributed by atoms with Crippen molar-refractivity contribution in [2.75, 3.05) is 18.5 Å². The van der Waals surface area contributed by atoms with Gasteiger partial charge in [0.05, 0.1) is 17.9 Å². The Morgan fingerprint density at radius 2 is 1.64 bits per heavy atom. The maximum Gasteiger partial charge on any atom is 0.402 e. The van der Waals surface area contributed by atoms with Gasteiger partial charge in [-0.15, -0.1) is 0 Å². The van der Waals surface area contributed by atoms with E-state index in [1.165, 1.54) is 16.9 Å².